The molecule has 9 nitrogen and oxygen atoms in total. The maximum absolute atomic E-state index is 13.6. The molecule has 4 rings (SSSR count). The fraction of sp³-hybridized carbons (Fsp3) is 0.400. The number of pyridine rings is 1. The van der Waals surface area contributed by atoms with E-state index in [9.17, 15) is 9.59 Å². The molecule has 1 aromatic carbocycles. The highest BCUT2D eigenvalue weighted by molar-refractivity contribution is 6.31. The van der Waals surface area contributed by atoms with Gasteiger partial charge >= 0.3 is 0 Å². The highest BCUT2D eigenvalue weighted by atomic mass is 35.5. The van der Waals surface area contributed by atoms with E-state index in [0.717, 1.165) is 35.9 Å². The molecular weight excluding hydrogens is 470 g/mol. The first-order valence-electron chi connectivity index (χ1n) is 11.7. The molecule has 1 aliphatic carbocycles. The average molecular weight is 500 g/mol. The molecule has 2 aromatic heterocycles. The van der Waals surface area contributed by atoms with E-state index in [4.69, 9.17) is 32.5 Å². The average Bonchev–Trinajstić information content (AvgIpc) is 3.24. The largest absolute Gasteiger partial charge is 0.378 e. The predicted molar refractivity (Wildman–Crippen MR) is 133 cm³/mol. The van der Waals surface area contributed by atoms with Crippen molar-refractivity contribution in [3.8, 4) is 0 Å². The number of hydrogen-bond acceptors (Lipinski definition) is 6. The van der Waals surface area contributed by atoms with Crippen molar-refractivity contribution < 1.29 is 19.1 Å². The minimum Gasteiger partial charge on any atom is -0.378 e. The van der Waals surface area contributed by atoms with Crippen LogP contribution in [-0.4, -0.2) is 66.2 Å². The Balaban J connectivity index is 1.58. The maximum atomic E-state index is 13.6. The summed E-state index contributed by atoms with van der Waals surface area (Å²) in [5.74, 6) is -0.828. The zero-order valence-corrected chi connectivity index (χ0v) is 20.2. The highest BCUT2D eigenvalue weighted by Crippen LogP contribution is 2.39. The number of aryl methyl sites for hydroxylation is 1. The lowest BCUT2D eigenvalue weighted by Gasteiger charge is -2.34. The van der Waals surface area contributed by atoms with E-state index >= 15 is 0 Å². The van der Waals surface area contributed by atoms with E-state index < -0.39 is 5.91 Å². The summed E-state index contributed by atoms with van der Waals surface area (Å²) in [5, 5.41) is 1.76. The van der Waals surface area contributed by atoms with Crippen LogP contribution in [0.15, 0.2) is 36.5 Å². The molecule has 186 valence electrons. The van der Waals surface area contributed by atoms with Crippen molar-refractivity contribution >= 4 is 34.3 Å². The van der Waals surface area contributed by atoms with Gasteiger partial charge in [-0.25, -0.2) is 0 Å². The van der Waals surface area contributed by atoms with Crippen LogP contribution in [0.2, 0.25) is 5.02 Å². The van der Waals surface area contributed by atoms with Gasteiger partial charge in [0.15, 0.2) is 0 Å². The molecule has 1 unspecified atom stereocenters. The summed E-state index contributed by atoms with van der Waals surface area (Å²) in [6, 6.07) is 8.67. The Morgan fingerprint density at radius 2 is 1.94 bits per heavy atom. The van der Waals surface area contributed by atoms with Crippen LogP contribution < -0.4 is 11.5 Å². The molecule has 3 aromatic rings. The molecule has 2 amide bonds. The van der Waals surface area contributed by atoms with Crippen molar-refractivity contribution in [1.82, 2.24) is 14.9 Å². The van der Waals surface area contributed by atoms with E-state index in [0.29, 0.717) is 44.5 Å². The Labute approximate surface area is 208 Å². The molecule has 5 N–H and O–H groups in total. The molecule has 0 radical (unpaired) electrons. The number of aromatic nitrogens is 2. The monoisotopic (exact) mass is 499 g/mol. The molecule has 35 heavy (non-hydrogen) atoms. The zero-order valence-electron chi connectivity index (χ0n) is 19.5. The number of nitrogens with one attached hydrogen (secondary N) is 1. The van der Waals surface area contributed by atoms with Crippen molar-refractivity contribution in [3.63, 3.8) is 0 Å². The van der Waals surface area contributed by atoms with Gasteiger partial charge in [-0.2, -0.15) is 0 Å². The third-order valence-corrected chi connectivity index (χ3v) is 6.39. The number of nitrogens with zero attached hydrogens (tertiary/aromatic N) is 2. The molecule has 0 bridgehead atoms. The first kappa shape index (κ1) is 25.1. The minimum absolute atomic E-state index is 0.174. The molecule has 0 spiro atoms. The van der Waals surface area contributed by atoms with E-state index in [1.165, 1.54) is 23.9 Å². The quantitative estimate of drug-likeness (QED) is 0.347. The first-order valence-corrected chi connectivity index (χ1v) is 12.1. The standard InChI is InChI=1S/C25H30ClN5O4/c26-17-5-7-20-19(14-17)18-2-1-3-22(23(18)30-20)31(9-11-35-13-12-34-10-8-27)25(33)21-6-4-16(15-29-21)24(28)32/h4-7,14-15,22,30H,1-3,8-13,27H2,(H2,28,32). The van der Waals surface area contributed by atoms with Crippen LogP contribution in [0.3, 0.4) is 0 Å². The van der Waals surface area contributed by atoms with Crippen molar-refractivity contribution in [2.45, 2.75) is 25.3 Å². The fourth-order valence-electron chi connectivity index (χ4n) is 4.50. The van der Waals surface area contributed by atoms with Gasteiger partial charge in [0, 0.05) is 40.9 Å². The van der Waals surface area contributed by atoms with Crippen LogP contribution in [-0.2, 0) is 15.9 Å². The number of aromatic amines is 1. The Morgan fingerprint density at radius 1 is 1.14 bits per heavy atom. The topological polar surface area (TPSA) is 137 Å². The number of rotatable bonds is 11. The van der Waals surface area contributed by atoms with Crippen molar-refractivity contribution in [3.05, 3.63) is 64.1 Å². The van der Waals surface area contributed by atoms with Crippen LogP contribution >= 0.6 is 11.6 Å². The lowest BCUT2D eigenvalue weighted by atomic mass is 9.90. The third kappa shape index (κ3) is 5.82. The Bertz CT molecular complexity index is 1180. The fourth-order valence-corrected chi connectivity index (χ4v) is 4.68. The van der Waals surface area contributed by atoms with Gasteiger partial charge in [0.1, 0.15) is 5.69 Å². The number of halogens is 1. The van der Waals surface area contributed by atoms with Gasteiger partial charge in [0.25, 0.3) is 5.91 Å². The van der Waals surface area contributed by atoms with Crippen molar-refractivity contribution in [2.24, 2.45) is 11.5 Å². The van der Waals surface area contributed by atoms with Gasteiger partial charge in [-0.15, -0.1) is 0 Å². The van der Waals surface area contributed by atoms with Crippen molar-refractivity contribution in [1.29, 1.82) is 0 Å². The number of ether oxygens (including phenoxy) is 2. The Morgan fingerprint density at radius 3 is 2.66 bits per heavy atom. The zero-order chi connectivity index (χ0) is 24.8. The normalized spacial score (nSPS) is 15.2. The highest BCUT2D eigenvalue weighted by Gasteiger charge is 2.32. The van der Waals surface area contributed by atoms with Crippen LogP contribution in [0.1, 0.15) is 51.0 Å². The number of hydrogen-bond donors (Lipinski definition) is 3. The van der Waals surface area contributed by atoms with Gasteiger partial charge in [0.05, 0.1) is 38.0 Å². The number of carbonyl (C=O) groups is 2. The summed E-state index contributed by atoms with van der Waals surface area (Å²) in [6.07, 6.45) is 3.98. The summed E-state index contributed by atoms with van der Waals surface area (Å²) in [7, 11) is 0. The predicted octanol–water partition coefficient (Wildman–Crippen LogP) is 2.83. The van der Waals surface area contributed by atoms with Gasteiger partial charge < -0.3 is 30.8 Å². The number of amides is 2. The molecule has 2 heterocycles. The second kappa shape index (κ2) is 11.6. The van der Waals surface area contributed by atoms with E-state index in [2.05, 4.69) is 9.97 Å². The van der Waals surface area contributed by atoms with Crippen LogP contribution in [0.5, 0.6) is 0 Å². The van der Waals surface area contributed by atoms with Crippen molar-refractivity contribution in [2.75, 3.05) is 39.5 Å². The van der Waals surface area contributed by atoms with Gasteiger partial charge in [-0.3, -0.25) is 14.6 Å². The van der Waals surface area contributed by atoms with E-state index in [1.807, 2.05) is 18.2 Å². The molecule has 0 aliphatic heterocycles. The molecule has 1 atom stereocenters. The van der Waals surface area contributed by atoms with Gasteiger partial charge in [-0.05, 0) is 55.2 Å². The molecule has 0 fully saturated rings. The number of primary amides is 1. The molecule has 10 heteroatoms. The molecular formula is C25H30ClN5O4. The van der Waals surface area contributed by atoms with Crippen LogP contribution in [0.4, 0.5) is 0 Å². The summed E-state index contributed by atoms with van der Waals surface area (Å²) in [6.45, 7) is 2.51. The smallest absolute Gasteiger partial charge is 0.273 e. The third-order valence-electron chi connectivity index (χ3n) is 6.15. The second-order valence-corrected chi connectivity index (χ2v) is 8.86. The summed E-state index contributed by atoms with van der Waals surface area (Å²) in [5.41, 5.74) is 14.4. The molecule has 0 saturated carbocycles. The number of fused-ring (bicyclic) bond motifs is 3. The van der Waals surface area contributed by atoms with E-state index in [1.54, 1.807) is 4.90 Å². The number of carbonyl (C=O) groups excluding carboxylic acids is 2. The SMILES string of the molecule is NCCOCCOCCN(C(=O)c1ccc(C(N)=O)cn1)C1CCCc2c1[nH]c1ccc(Cl)cc21. The Kier molecular flexibility index (Phi) is 8.35. The summed E-state index contributed by atoms with van der Waals surface area (Å²) < 4.78 is 11.1. The van der Waals surface area contributed by atoms with Gasteiger partial charge in [0.2, 0.25) is 5.91 Å². The number of nitrogens with two attached hydrogens (primary N) is 2. The number of H-pyrrole nitrogens is 1. The summed E-state index contributed by atoms with van der Waals surface area (Å²) >= 11 is 6.26. The van der Waals surface area contributed by atoms with Gasteiger partial charge in [-0.1, -0.05) is 11.6 Å². The number of benzene rings is 1. The Hall–Kier alpha value is -2.98. The van der Waals surface area contributed by atoms with Crippen LogP contribution in [0, 0.1) is 0 Å². The second-order valence-electron chi connectivity index (χ2n) is 8.42. The molecule has 0 saturated heterocycles. The van der Waals surface area contributed by atoms with E-state index in [-0.39, 0.29) is 23.2 Å². The minimum atomic E-state index is -0.590. The lowest BCUT2D eigenvalue weighted by Crippen LogP contribution is -2.39. The summed E-state index contributed by atoms with van der Waals surface area (Å²) in [4.78, 5) is 34.6. The first-order chi connectivity index (χ1) is 17.0. The maximum Gasteiger partial charge on any atom is 0.273 e. The lowest BCUT2D eigenvalue weighted by molar-refractivity contribution is 0.0301. The van der Waals surface area contributed by atoms with Crippen LogP contribution in [0.25, 0.3) is 10.9 Å². The molecule has 1 aliphatic rings.